The Morgan fingerprint density at radius 3 is 1.10 bits per heavy atom. The Morgan fingerprint density at radius 2 is 0.760 bits per heavy atom. The van der Waals surface area contributed by atoms with Crippen molar-refractivity contribution in [2.45, 2.75) is 41.5 Å². The Morgan fingerprint density at radius 1 is 0.440 bits per heavy atom. The molecule has 0 aliphatic rings. The molecule has 258 valence electrons. The number of benzene rings is 3. The molecular weight excluding hydrogens is 687 g/mol. The molecule has 0 amide bonds. The summed E-state index contributed by atoms with van der Waals surface area (Å²) in [5, 5.41) is 2.28. The van der Waals surface area contributed by atoms with E-state index in [-0.39, 0.29) is 17.1 Å². The monoisotopic (exact) mass is 722 g/mol. The molecule has 3 aromatic carbocycles. The van der Waals surface area contributed by atoms with Crippen LogP contribution in [-0.4, -0.2) is 27.2 Å². The van der Waals surface area contributed by atoms with Gasteiger partial charge < -0.3 is 17.3 Å². The predicted molar refractivity (Wildman–Crippen MR) is 194 cm³/mol. The molecular formula is C40H36BCuF4N4. The van der Waals surface area contributed by atoms with E-state index in [2.05, 4.69) is 124 Å². The van der Waals surface area contributed by atoms with Crippen molar-refractivity contribution < 1.29 is 34.3 Å². The maximum Gasteiger partial charge on any atom is 1.00 e. The molecule has 0 spiro atoms. The third-order valence-electron chi connectivity index (χ3n) is 7.97. The molecule has 0 bridgehead atoms. The summed E-state index contributed by atoms with van der Waals surface area (Å²) in [6.45, 7) is 12.9. The van der Waals surface area contributed by atoms with Gasteiger partial charge >= 0.3 is 24.3 Å². The Hall–Kier alpha value is -4.92. The zero-order chi connectivity index (χ0) is 35.3. The topological polar surface area (TPSA) is 51.6 Å². The first-order valence-corrected chi connectivity index (χ1v) is 15.8. The second kappa shape index (κ2) is 16.2. The van der Waals surface area contributed by atoms with Crippen LogP contribution in [0.15, 0.2) is 109 Å². The fraction of sp³-hybridized carbons (Fsp3) is 0.150. The molecule has 0 radical (unpaired) electrons. The van der Waals surface area contributed by atoms with Crippen LogP contribution < -0.4 is 0 Å². The zero-order valence-electron chi connectivity index (χ0n) is 28.6. The molecule has 0 saturated carbocycles. The van der Waals surface area contributed by atoms with E-state index in [0.29, 0.717) is 0 Å². The van der Waals surface area contributed by atoms with Crippen molar-refractivity contribution in [1.82, 2.24) is 19.9 Å². The molecule has 4 aromatic heterocycles. The summed E-state index contributed by atoms with van der Waals surface area (Å²) >= 11 is 0. The van der Waals surface area contributed by atoms with Crippen LogP contribution in [0, 0.1) is 41.5 Å². The minimum Gasteiger partial charge on any atom is -0.418 e. The van der Waals surface area contributed by atoms with Crippen molar-refractivity contribution in [3.63, 3.8) is 0 Å². The van der Waals surface area contributed by atoms with Gasteiger partial charge in [0.1, 0.15) is 0 Å². The molecule has 50 heavy (non-hydrogen) atoms. The second-order valence-electron chi connectivity index (χ2n) is 12.1. The van der Waals surface area contributed by atoms with E-state index in [1.165, 1.54) is 44.5 Å². The van der Waals surface area contributed by atoms with Crippen LogP contribution in [0.5, 0.6) is 0 Å². The SMILES string of the molecule is Cc1cc(C)c(-c2cccc(-c3cccc(-c4c(C)cc(C)cc4C)n3)n2)c(C)c1.F[B-](F)(F)F.[Cu+].c1cnc2c(c1)ccc1cccnc12. The Kier molecular flexibility index (Phi) is 12.3. The normalized spacial score (nSPS) is 10.8. The molecule has 0 atom stereocenters. The van der Waals surface area contributed by atoms with Gasteiger partial charge in [0.2, 0.25) is 0 Å². The minimum atomic E-state index is -6.00. The van der Waals surface area contributed by atoms with E-state index in [0.717, 1.165) is 44.6 Å². The molecule has 10 heteroatoms. The number of aryl methyl sites for hydroxylation is 6. The Labute approximate surface area is 300 Å². The van der Waals surface area contributed by atoms with Gasteiger partial charge in [-0.1, -0.05) is 71.8 Å². The Balaban J connectivity index is 0.000000231. The van der Waals surface area contributed by atoms with Crippen LogP contribution in [-0.2, 0) is 17.1 Å². The summed E-state index contributed by atoms with van der Waals surface area (Å²) in [6, 6.07) is 33.4. The maximum absolute atomic E-state index is 9.75. The number of fused-ring (bicyclic) bond motifs is 3. The van der Waals surface area contributed by atoms with Gasteiger partial charge in [-0.25, -0.2) is 9.97 Å². The number of nitrogens with zero attached hydrogens (tertiary/aromatic N) is 4. The largest absolute Gasteiger partial charge is 1.00 e. The Bertz CT molecular complexity index is 2070. The maximum atomic E-state index is 9.75. The summed E-state index contributed by atoms with van der Waals surface area (Å²) in [5.41, 5.74) is 15.8. The number of aromatic nitrogens is 4. The summed E-state index contributed by atoms with van der Waals surface area (Å²) < 4.78 is 39.0. The standard InChI is InChI=1S/C28H28N2.C12H8N2.BF4.Cu/c1-17-13-19(3)27(20(4)14-17)25-11-7-9-23(29-25)24-10-8-12-26(30-24)28-21(5)15-18(2)16-22(28)6;1-3-9-5-6-10-4-2-8-14-12(10)11(9)13-7-1;2-1(3,4)5;/h7-16H,1-6H3;1-8H;;/q;;-1;+1. The average molecular weight is 723 g/mol. The average Bonchev–Trinajstić information content (AvgIpc) is 3.04. The predicted octanol–water partition coefficient (Wildman–Crippen LogP) is 11.4. The smallest absolute Gasteiger partial charge is 0.418 e. The van der Waals surface area contributed by atoms with Crippen LogP contribution in [0.1, 0.15) is 33.4 Å². The van der Waals surface area contributed by atoms with Gasteiger partial charge in [-0.05, 0) is 100 Å². The molecule has 0 aliphatic heterocycles. The van der Waals surface area contributed by atoms with Crippen molar-refractivity contribution >= 4 is 29.1 Å². The minimum absolute atomic E-state index is 0. The van der Waals surface area contributed by atoms with Gasteiger partial charge in [0, 0.05) is 34.3 Å². The van der Waals surface area contributed by atoms with Crippen molar-refractivity contribution in [2.24, 2.45) is 0 Å². The van der Waals surface area contributed by atoms with Gasteiger partial charge in [0.25, 0.3) is 0 Å². The van der Waals surface area contributed by atoms with Crippen molar-refractivity contribution in [1.29, 1.82) is 0 Å². The zero-order valence-corrected chi connectivity index (χ0v) is 29.5. The van der Waals surface area contributed by atoms with Gasteiger partial charge in [-0.3, -0.25) is 9.97 Å². The van der Waals surface area contributed by atoms with Gasteiger partial charge in [0.15, 0.2) is 0 Å². The van der Waals surface area contributed by atoms with Crippen LogP contribution >= 0.6 is 0 Å². The summed E-state index contributed by atoms with van der Waals surface area (Å²) in [4.78, 5) is 18.7. The summed E-state index contributed by atoms with van der Waals surface area (Å²) in [5.74, 6) is 0. The fourth-order valence-electron chi connectivity index (χ4n) is 6.28. The van der Waals surface area contributed by atoms with Crippen LogP contribution in [0.4, 0.5) is 17.3 Å². The first kappa shape index (κ1) is 37.9. The number of rotatable bonds is 3. The van der Waals surface area contributed by atoms with Gasteiger partial charge in [-0.2, -0.15) is 0 Å². The van der Waals surface area contributed by atoms with E-state index < -0.39 is 7.25 Å². The quantitative estimate of drug-likeness (QED) is 0.103. The first-order chi connectivity index (χ1) is 23.3. The van der Waals surface area contributed by atoms with Gasteiger partial charge in [0.05, 0.1) is 33.8 Å². The third-order valence-corrected chi connectivity index (χ3v) is 7.97. The molecule has 0 unspecified atom stereocenters. The van der Waals surface area contributed by atoms with E-state index in [1.807, 2.05) is 24.3 Å². The molecule has 7 aromatic rings. The van der Waals surface area contributed by atoms with E-state index in [9.17, 15) is 17.3 Å². The molecule has 0 saturated heterocycles. The summed E-state index contributed by atoms with van der Waals surface area (Å²) in [6.07, 6.45) is 3.60. The molecule has 7 rings (SSSR count). The first-order valence-electron chi connectivity index (χ1n) is 15.8. The molecule has 0 fully saturated rings. The number of hydrogen-bond donors (Lipinski definition) is 0. The fourth-order valence-corrected chi connectivity index (χ4v) is 6.28. The number of halogens is 4. The van der Waals surface area contributed by atoms with E-state index in [1.54, 1.807) is 12.4 Å². The third kappa shape index (κ3) is 9.40. The molecule has 0 N–H and O–H groups in total. The van der Waals surface area contributed by atoms with Crippen LogP contribution in [0.25, 0.3) is 55.7 Å². The molecule has 4 heterocycles. The summed E-state index contributed by atoms with van der Waals surface area (Å²) in [7, 11) is -6.00. The molecule has 0 aliphatic carbocycles. The van der Waals surface area contributed by atoms with Crippen molar-refractivity contribution in [3.05, 3.63) is 143 Å². The number of pyridine rings is 4. The van der Waals surface area contributed by atoms with Gasteiger partial charge in [-0.15, -0.1) is 0 Å². The molecule has 4 nitrogen and oxygen atoms in total. The van der Waals surface area contributed by atoms with Crippen molar-refractivity contribution in [3.8, 4) is 33.9 Å². The van der Waals surface area contributed by atoms with Crippen molar-refractivity contribution in [2.75, 3.05) is 0 Å². The van der Waals surface area contributed by atoms with Crippen LogP contribution in [0.2, 0.25) is 0 Å². The van der Waals surface area contributed by atoms with Crippen LogP contribution in [0.3, 0.4) is 0 Å². The number of hydrogen-bond acceptors (Lipinski definition) is 4. The van der Waals surface area contributed by atoms with E-state index >= 15 is 0 Å². The second-order valence-corrected chi connectivity index (χ2v) is 12.1. The van der Waals surface area contributed by atoms with E-state index in [4.69, 9.17) is 9.97 Å².